The number of aryl methyl sites for hydroxylation is 1. The van der Waals surface area contributed by atoms with Gasteiger partial charge in [0, 0.05) is 5.56 Å². The molecule has 0 atom stereocenters. The van der Waals surface area contributed by atoms with Crippen LogP contribution in [0.1, 0.15) is 11.1 Å². The third-order valence-electron chi connectivity index (χ3n) is 4.73. The Bertz CT molecular complexity index is 1320. The van der Waals surface area contributed by atoms with Crippen molar-refractivity contribution in [3.63, 3.8) is 0 Å². The zero-order chi connectivity index (χ0) is 20.5. The molecule has 0 aliphatic carbocycles. The molecule has 0 radical (unpaired) electrons. The van der Waals surface area contributed by atoms with Crippen LogP contribution in [0.25, 0.3) is 28.3 Å². The topological polar surface area (TPSA) is 67.5 Å². The van der Waals surface area contributed by atoms with Crippen molar-refractivity contribution in [2.24, 2.45) is 4.99 Å². The summed E-state index contributed by atoms with van der Waals surface area (Å²) < 4.78 is 5.59. The summed E-state index contributed by atoms with van der Waals surface area (Å²) in [5, 5.41) is 7.79. The second-order valence-electron chi connectivity index (χ2n) is 6.98. The minimum atomic E-state index is -0.135. The fraction of sp³-hybridized carbons (Fsp3) is 0.0417. The fourth-order valence-electron chi connectivity index (χ4n) is 3.34. The van der Waals surface area contributed by atoms with Gasteiger partial charge in [-0.3, -0.25) is 4.79 Å². The predicted octanol–water partition coefficient (Wildman–Crippen LogP) is 6.33. The zero-order valence-corrected chi connectivity index (χ0v) is 16.9. The smallest absolute Gasteiger partial charge is 0.289 e. The Morgan fingerprint density at radius 3 is 2.73 bits per heavy atom. The Labute approximate surface area is 177 Å². The van der Waals surface area contributed by atoms with E-state index >= 15 is 0 Å². The van der Waals surface area contributed by atoms with E-state index in [-0.39, 0.29) is 5.24 Å². The molecule has 1 N–H and O–H groups in total. The van der Waals surface area contributed by atoms with Crippen LogP contribution in [0.3, 0.4) is 0 Å². The molecule has 1 aromatic heterocycles. The van der Waals surface area contributed by atoms with Crippen molar-refractivity contribution >= 4 is 45.5 Å². The molecule has 3 aromatic carbocycles. The molecule has 0 saturated carbocycles. The lowest BCUT2D eigenvalue weighted by atomic mass is 10.1. The summed E-state index contributed by atoms with van der Waals surface area (Å²) in [6.45, 7) is 2.01. The third kappa shape index (κ3) is 3.65. The zero-order valence-electron chi connectivity index (χ0n) is 16.1. The Morgan fingerprint density at radius 2 is 1.90 bits per heavy atom. The van der Waals surface area contributed by atoms with Crippen molar-refractivity contribution in [1.82, 2.24) is 10.5 Å². The van der Waals surface area contributed by atoms with Crippen LogP contribution >= 0.6 is 11.8 Å². The van der Waals surface area contributed by atoms with E-state index in [9.17, 15) is 4.79 Å². The van der Waals surface area contributed by atoms with Gasteiger partial charge in [-0.15, -0.1) is 0 Å². The summed E-state index contributed by atoms with van der Waals surface area (Å²) in [4.78, 5) is 17.4. The molecule has 0 bridgehead atoms. The predicted molar refractivity (Wildman–Crippen MR) is 122 cm³/mol. The van der Waals surface area contributed by atoms with Crippen LogP contribution < -0.4 is 5.32 Å². The number of nitrogens with zero attached hydrogens (tertiary/aromatic N) is 2. The number of nitrogens with one attached hydrogen (secondary N) is 1. The van der Waals surface area contributed by atoms with Crippen LogP contribution in [0, 0.1) is 6.92 Å². The second-order valence-corrected chi connectivity index (χ2v) is 7.99. The van der Waals surface area contributed by atoms with Crippen molar-refractivity contribution < 1.29 is 9.32 Å². The molecular formula is C24H17N3O2S. The Morgan fingerprint density at radius 1 is 1.03 bits per heavy atom. The van der Waals surface area contributed by atoms with E-state index in [1.807, 2.05) is 85.8 Å². The van der Waals surface area contributed by atoms with E-state index < -0.39 is 0 Å². The maximum Gasteiger partial charge on any atom is 0.289 e. The summed E-state index contributed by atoms with van der Waals surface area (Å²) in [5.41, 5.74) is 4.63. The summed E-state index contributed by atoms with van der Waals surface area (Å²) >= 11 is 1.14. The van der Waals surface area contributed by atoms with Gasteiger partial charge in [0.05, 0.1) is 16.0 Å². The van der Waals surface area contributed by atoms with Crippen molar-refractivity contribution in [2.45, 2.75) is 6.92 Å². The number of aromatic nitrogens is 1. The molecule has 0 spiro atoms. The quantitative estimate of drug-likeness (QED) is 0.428. The Balaban J connectivity index is 1.55. The highest BCUT2D eigenvalue weighted by molar-refractivity contribution is 8.18. The highest BCUT2D eigenvalue weighted by atomic mass is 32.2. The van der Waals surface area contributed by atoms with Gasteiger partial charge in [0.15, 0.2) is 5.76 Å². The monoisotopic (exact) mass is 411 g/mol. The first-order valence-corrected chi connectivity index (χ1v) is 10.3. The van der Waals surface area contributed by atoms with E-state index in [1.165, 1.54) is 0 Å². The van der Waals surface area contributed by atoms with Crippen molar-refractivity contribution in [1.29, 1.82) is 0 Å². The van der Waals surface area contributed by atoms with Gasteiger partial charge in [-0.25, -0.2) is 4.99 Å². The number of fused-ring (bicyclic) bond motifs is 1. The number of hydrogen-bond acceptors (Lipinski definition) is 5. The molecule has 1 aliphatic heterocycles. The van der Waals surface area contributed by atoms with E-state index in [0.717, 1.165) is 55.7 Å². The van der Waals surface area contributed by atoms with Crippen LogP contribution in [-0.2, 0) is 0 Å². The SMILES string of the molecule is Cc1cccc(N=C2NC(=O)S/C2=C\c2ccc3noc(-c4ccccc4)c3c2)c1. The third-order valence-corrected chi connectivity index (χ3v) is 5.55. The summed E-state index contributed by atoms with van der Waals surface area (Å²) in [7, 11) is 0. The number of hydrogen-bond donors (Lipinski definition) is 1. The first kappa shape index (κ1) is 18.4. The Kier molecular flexibility index (Phi) is 4.69. The highest BCUT2D eigenvalue weighted by Gasteiger charge is 2.23. The minimum absolute atomic E-state index is 0.135. The average molecular weight is 411 g/mol. The van der Waals surface area contributed by atoms with Gasteiger partial charge >= 0.3 is 0 Å². The second kappa shape index (κ2) is 7.65. The molecule has 1 saturated heterocycles. The van der Waals surface area contributed by atoms with Crippen molar-refractivity contribution in [3.8, 4) is 11.3 Å². The number of thioether (sulfide) groups is 1. The van der Waals surface area contributed by atoms with Gasteiger partial charge in [0.1, 0.15) is 11.4 Å². The molecule has 5 nitrogen and oxygen atoms in total. The molecule has 146 valence electrons. The van der Waals surface area contributed by atoms with Gasteiger partial charge in [-0.1, -0.05) is 53.7 Å². The van der Waals surface area contributed by atoms with Gasteiger partial charge in [-0.2, -0.15) is 0 Å². The van der Waals surface area contributed by atoms with Crippen molar-refractivity contribution in [3.05, 3.63) is 88.8 Å². The van der Waals surface area contributed by atoms with E-state index in [0.29, 0.717) is 5.84 Å². The number of amides is 1. The minimum Gasteiger partial charge on any atom is -0.355 e. The molecule has 5 rings (SSSR count). The van der Waals surface area contributed by atoms with E-state index in [4.69, 9.17) is 4.52 Å². The average Bonchev–Trinajstić information content (AvgIpc) is 3.31. The molecule has 30 heavy (non-hydrogen) atoms. The standard InChI is InChI=1S/C24H17N3O2S/c1-15-6-5-9-18(12-15)25-23-21(30-24(28)26-23)14-16-10-11-20-19(13-16)22(29-27-20)17-7-3-2-4-8-17/h2-14H,1H3,(H,25,26,28)/b21-14-. The first-order valence-electron chi connectivity index (χ1n) is 9.47. The molecular weight excluding hydrogens is 394 g/mol. The summed E-state index contributed by atoms with van der Waals surface area (Å²) in [5.74, 6) is 1.29. The van der Waals surface area contributed by atoms with E-state index in [1.54, 1.807) is 0 Å². The lowest BCUT2D eigenvalue weighted by Crippen LogP contribution is -2.18. The lowest BCUT2D eigenvalue weighted by Gasteiger charge is -2.02. The van der Waals surface area contributed by atoms with Crippen LogP contribution in [0.4, 0.5) is 10.5 Å². The van der Waals surface area contributed by atoms with E-state index in [2.05, 4.69) is 15.5 Å². The summed E-state index contributed by atoms with van der Waals surface area (Å²) in [6, 6.07) is 23.7. The molecule has 1 fully saturated rings. The molecule has 0 unspecified atom stereocenters. The number of carbonyl (C=O) groups is 1. The number of benzene rings is 3. The molecule has 1 aliphatic rings. The lowest BCUT2D eigenvalue weighted by molar-refractivity contribution is 0.265. The highest BCUT2D eigenvalue weighted by Crippen LogP contribution is 2.32. The number of amidine groups is 1. The van der Waals surface area contributed by atoms with Gasteiger partial charge in [-0.05, 0) is 60.2 Å². The van der Waals surface area contributed by atoms with Gasteiger partial charge in [0.2, 0.25) is 0 Å². The maximum absolute atomic E-state index is 12.0. The maximum atomic E-state index is 12.0. The largest absolute Gasteiger partial charge is 0.355 e. The normalized spacial score (nSPS) is 16.5. The van der Waals surface area contributed by atoms with Crippen LogP contribution in [0.15, 0.2) is 87.2 Å². The van der Waals surface area contributed by atoms with Crippen LogP contribution in [0.5, 0.6) is 0 Å². The molecule has 2 heterocycles. The number of rotatable bonds is 3. The molecule has 4 aromatic rings. The number of aliphatic imine (C=N–C) groups is 1. The molecule has 1 amide bonds. The Hall–Kier alpha value is -3.64. The molecule has 6 heteroatoms. The number of carbonyl (C=O) groups excluding carboxylic acids is 1. The first-order chi connectivity index (χ1) is 14.7. The summed E-state index contributed by atoms with van der Waals surface area (Å²) in [6.07, 6.45) is 1.96. The van der Waals surface area contributed by atoms with Crippen molar-refractivity contribution in [2.75, 3.05) is 0 Å². The van der Waals surface area contributed by atoms with Gasteiger partial charge < -0.3 is 9.84 Å². The van der Waals surface area contributed by atoms with Gasteiger partial charge in [0.25, 0.3) is 5.24 Å². The fourth-order valence-corrected chi connectivity index (χ4v) is 4.07. The van der Waals surface area contributed by atoms with Crippen LogP contribution in [0.2, 0.25) is 0 Å². The van der Waals surface area contributed by atoms with Crippen LogP contribution in [-0.4, -0.2) is 16.2 Å².